The minimum atomic E-state index is -0.302. The number of aromatic nitrogens is 2. The van der Waals surface area contributed by atoms with Crippen molar-refractivity contribution in [2.24, 2.45) is 0 Å². The highest BCUT2D eigenvalue weighted by Gasteiger charge is 2.08. The molecule has 0 atom stereocenters. The Bertz CT molecular complexity index is 805. The zero-order valence-electron chi connectivity index (χ0n) is 12.5. The van der Waals surface area contributed by atoms with Crippen molar-refractivity contribution in [3.8, 4) is 0 Å². The number of nitrogens with one attached hydrogen (secondary N) is 1. The third-order valence-electron chi connectivity index (χ3n) is 3.12. The largest absolute Gasteiger partial charge is 0.407 e. The first-order valence-electron chi connectivity index (χ1n) is 7.09. The van der Waals surface area contributed by atoms with E-state index in [1.807, 2.05) is 48.7 Å². The molecule has 0 unspecified atom stereocenters. The monoisotopic (exact) mass is 325 g/mol. The quantitative estimate of drug-likeness (QED) is 0.727. The fourth-order valence-corrected chi connectivity index (χ4v) is 2.57. The van der Waals surface area contributed by atoms with Crippen LogP contribution >= 0.6 is 11.3 Å². The van der Waals surface area contributed by atoms with Crippen molar-refractivity contribution in [2.75, 3.05) is 5.32 Å². The topological polar surface area (TPSA) is 68.0 Å². The van der Waals surface area contributed by atoms with Crippen molar-refractivity contribution in [3.05, 3.63) is 69.7 Å². The van der Waals surface area contributed by atoms with Crippen LogP contribution in [0.2, 0.25) is 0 Å². The third-order valence-corrected chi connectivity index (χ3v) is 3.95. The first kappa shape index (κ1) is 15.2. The number of thiophene rings is 1. The van der Waals surface area contributed by atoms with Crippen LogP contribution in [0.15, 0.2) is 52.3 Å². The summed E-state index contributed by atoms with van der Waals surface area (Å²) in [5.41, 5.74) is 2.28. The molecule has 1 aromatic carbocycles. The average molecular weight is 325 g/mol. The summed E-state index contributed by atoms with van der Waals surface area (Å²) in [4.78, 5) is 12.8. The standard InChI is InChI=1S/C17H15N3O2S/c1-12-4-6-13(7-5-12)11-16-19-20-17(22-16)18-15(21)9-8-14-3-2-10-23-14/h2-10H,11H2,1H3,(H,18,20,21). The van der Waals surface area contributed by atoms with Gasteiger partial charge in [-0.3, -0.25) is 10.1 Å². The number of carbonyl (C=O) groups excluding carboxylic acids is 1. The van der Waals surface area contributed by atoms with E-state index in [4.69, 9.17) is 4.42 Å². The van der Waals surface area contributed by atoms with E-state index in [-0.39, 0.29) is 11.9 Å². The molecule has 0 fully saturated rings. The van der Waals surface area contributed by atoms with Gasteiger partial charge in [0.2, 0.25) is 5.89 Å². The summed E-state index contributed by atoms with van der Waals surface area (Å²) in [5, 5.41) is 12.3. The van der Waals surface area contributed by atoms with Gasteiger partial charge in [-0.05, 0) is 30.0 Å². The maximum atomic E-state index is 11.8. The lowest BCUT2D eigenvalue weighted by atomic mass is 10.1. The Balaban J connectivity index is 1.58. The molecular formula is C17H15N3O2S. The van der Waals surface area contributed by atoms with Crippen molar-refractivity contribution in [2.45, 2.75) is 13.3 Å². The van der Waals surface area contributed by atoms with Crippen LogP contribution in [-0.4, -0.2) is 16.1 Å². The van der Waals surface area contributed by atoms with Gasteiger partial charge in [0.1, 0.15) is 0 Å². The molecule has 2 heterocycles. The van der Waals surface area contributed by atoms with Crippen LogP contribution in [0.5, 0.6) is 0 Å². The summed E-state index contributed by atoms with van der Waals surface area (Å²) >= 11 is 1.56. The summed E-state index contributed by atoms with van der Waals surface area (Å²) in [6.07, 6.45) is 3.72. The van der Waals surface area contributed by atoms with Crippen LogP contribution in [-0.2, 0) is 11.2 Å². The van der Waals surface area contributed by atoms with Crippen LogP contribution in [0, 0.1) is 6.92 Å². The number of benzene rings is 1. The number of hydrogen-bond acceptors (Lipinski definition) is 5. The number of hydrogen-bond donors (Lipinski definition) is 1. The summed E-state index contributed by atoms with van der Waals surface area (Å²) in [6, 6.07) is 12.1. The number of nitrogens with zero attached hydrogens (tertiary/aromatic N) is 2. The van der Waals surface area contributed by atoms with Gasteiger partial charge in [0.05, 0.1) is 6.42 Å². The van der Waals surface area contributed by atoms with Crippen LogP contribution in [0.4, 0.5) is 6.01 Å². The minimum Gasteiger partial charge on any atom is -0.407 e. The molecule has 23 heavy (non-hydrogen) atoms. The van der Waals surface area contributed by atoms with Gasteiger partial charge < -0.3 is 4.42 Å². The highest BCUT2D eigenvalue weighted by Crippen LogP contribution is 2.13. The van der Waals surface area contributed by atoms with Crippen LogP contribution in [0.3, 0.4) is 0 Å². The Hall–Kier alpha value is -2.73. The molecule has 0 saturated carbocycles. The fraction of sp³-hybridized carbons (Fsp3) is 0.118. The van der Waals surface area contributed by atoms with Crippen molar-refractivity contribution >= 4 is 29.3 Å². The number of aryl methyl sites for hydroxylation is 1. The molecule has 0 aliphatic heterocycles. The predicted molar refractivity (Wildman–Crippen MR) is 90.3 cm³/mol. The molecule has 6 heteroatoms. The number of anilines is 1. The average Bonchev–Trinajstić information content (AvgIpc) is 3.20. The number of amides is 1. The van der Waals surface area contributed by atoms with Gasteiger partial charge in [0.25, 0.3) is 5.91 Å². The normalized spacial score (nSPS) is 11.0. The Morgan fingerprint density at radius 3 is 2.83 bits per heavy atom. The third kappa shape index (κ3) is 4.37. The molecule has 3 rings (SSSR count). The molecule has 3 aromatic rings. The Morgan fingerprint density at radius 2 is 2.09 bits per heavy atom. The van der Waals surface area contributed by atoms with E-state index in [1.54, 1.807) is 17.4 Å². The lowest BCUT2D eigenvalue weighted by molar-refractivity contribution is -0.112. The van der Waals surface area contributed by atoms with Gasteiger partial charge in [-0.15, -0.1) is 16.4 Å². The molecule has 0 bridgehead atoms. The van der Waals surface area contributed by atoms with Crippen LogP contribution in [0.1, 0.15) is 21.9 Å². The lowest BCUT2D eigenvalue weighted by Gasteiger charge is -1.97. The number of carbonyl (C=O) groups is 1. The molecule has 116 valence electrons. The van der Waals surface area contributed by atoms with E-state index >= 15 is 0 Å². The van der Waals surface area contributed by atoms with E-state index in [9.17, 15) is 4.79 Å². The molecule has 0 spiro atoms. The first-order chi connectivity index (χ1) is 11.2. The smallest absolute Gasteiger partial charge is 0.322 e. The second-order valence-electron chi connectivity index (χ2n) is 5.00. The molecule has 1 N–H and O–H groups in total. The molecule has 1 amide bonds. The van der Waals surface area contributed by atoms with E-state index in [2.05, 4.69) is 15.5 Å². The molecule has 2 aromatic heterocycles. The second-order valence-corrected chi connectivity index (χ2v) is 5.98. The SMILES string of the molecule is Cc1ccc(Cc2nnc(NC(=O)C=Cc3cccs3)o2)cc1. The van der Waals surface area contributed by atoms with Crippen molar-refractivity contribution in [1.82, 2.24) is 10.2 Å². The van der Waals surface area contributed by atoms with E-state index < -0.39 is 0 Å². The van der Waals surface area contributed by atoms with Gasteiger partial charge in [0, 0.05) is 11.0 Å². The second kappa shape index (κ2) is 7.02. The van der Waals surface area contributed by atoms with E-state index in [0.29, 0.717) is 12.3 Å². The molecule has 0 saturated heterocycles. The van der Waals surface area contributed by atoms with Crippen molar-refractivity contribution in [1.29, 1.82) is 0 Å². The molecular weight excluding hydrogens is 310 g/mol. The Kier molecular flexibility index (Phi) is 4.63. The maximum Gasteiger partial charge on any atom is 0.322 e. The van der Waals surface area contributed by atoms with Gasteiger partial charge in [-0.1, -0.05) is 41.0 Å². The number of rotatable bonds is 5. The zero-order chi connectivity index (χ0) is 16.1. The minimum absolute atomic E-state index is 0.105. The Morgan fingerprint density at radius 1 is 1.26 bits per heavy atom. The van der Waals surface area contributed by atoms with Gasteiger partial charge in [-0.25, -0.2) is 0 Å². The molecule has 0 radical (unpaired) electrons. The summed E-state index contributed by atoms with van der Waals surface area (Å²) in [5.74, 6) is 0.162. The van der Waals surface area contributed by atoms with E-state index in [1.165, 1.54) is 11.6 Å². The summed E-state index contributed by atoms with van der Waals surface area (Å²) < 4.78 is 5.44. The zero-order valence-corrected chi connectivity index (χ0v) is 13.3. The van der Waals surface area contributed by atoms with Gasteiger partial charge in [0.15, 0.2) is 0 Å². The summed E-state index contributed by atoms with van der Waals surface area (Å²) in [6.45, 7) is 2.04. The first-order valence-corrected chi connectivity index (χ1v) is 7.97. The molecule has 0 aliphatic carbocycles. The lowest BCUT2D eigenvalue weighted by Crippen LogP contribution is -2.07. The van der Waals surface area contributed by atoms with Gasteiger partial charge >= 0.3 is 6.01 Å². The van der Waals surface area contributed by atoms with Crippen molar-refractivity contribution < 1.29 is 9.21 Å². The fourth-order valence-electron chi connectivity index (χ4n) is 1.95. The van der Waals surface area contributed by atoms with Gasteiger partial charge in [-0.2, -0.15) is 0 Å². The molecule has 5 nitrogen and oxygen atoms in total. The predicted octanol–water partition coefficient (Wildman–Crippen LogP) is 3.68. The van der Waals surface area contributed by atoms with E-state index in [0.717, 1.165) is 10.4 Å². The highest BCUT2D eigenvalue weighted by molar-refractivity contribution is 7.10. The highest BCUT2D eigenvalue weighted by atomic mass is 32.1. The maximum absolute atomic E-state index is 11.8. The van der Waals surface area contributed by atoms with Crippen molar-refractivity contribution in [3.63, 3.8) is 0 Å². The van der Waals surface area contributed by atoms with Crippen LogP contribution < -0.4 is 5.32 Å². The molecule has 0 aliphatic rings. The Labute approximate surface area is 137 Å². The van der Waals surface area contributed by atoms with Crippen LogP contribution in [0.25, 0.3) is 6.08 Å². The summed E-state index contributed by atoms with van der Waals surface area (Å²) in [7, 11) is 0.